The van der Waals surface area contributed by atoms with Crippen LogP contribution in [0.5, 0.6) is 0 Å². The summed E-state index contributed by atoms with van der Waals surface area (Å²) < 4.78 is 0. The third-order valence-electron chi connectivity index (χ3n) is 3.81. The van der Waals surface area contributed by atoms with Gasteiger partial charge in [-0.1, -0.05) is 6.07 Å². The topological polar surface area (TPSA) is 77.9 Å². The van der Waals surface area contributed by atoms with Crippen LogP contribution in [0, 0.1) is 0 Å². The number of nitrogens with zero attached hydrogens (tertiary/aromatic N) is 2. The molecule has 22 heavy (non-hydrogen) atoms. The summed E-state index contributed by atoms with van der Waals surface area (Å²) in [6, 6.07) is 5.64. The van der Waals surface area contributed by atoms with E-state index in [2.05, 4.69) is 0 Å². The van der Waals surface area contributed by atoms with Crippen molar-refractivity contribution >= 4 is 17.8 Å². The lowest BCUT2D eigenvalue weighted by Gasteiger charge is -2.33. The van der Waals surface area contributed by atoms with Crippen molar-refractivity contribution in [2.75, 3.05) is 20.6 Å². The van der Waals surface area contributed by atoms with E-state index in [1.807, 2.05) is 0 Å². The highest BCUT2D eigenvalue weighted by Gasteiger charge is 2.32. The summed E-state index contributed by atoms with van der Waals surface area (Å²) in [5.41, 5.74) is 0.764. The lowest BCUT2D eigenvalue weighted by atomic mass is 10.00. The maximum Gasteiger partial charge on any atom is 0.326 e. The van der Waals surface area contributed by atoms with Crippen LogP contribution in [0.3, 0.4) is 0 Å². The first-order valence-corrected chi connectivity index (χ1v) is 7.27. The highest BCUT2D eigenvalue weighted by molar-refractivity contribution is 6.00. The second-order valence-corrected chi connectivity index (χ2v) is 5.63. The molecular weight excluding hydrogens is 284 g/mol. The van der Waals surface area contributed by atoms with E-state index in [1.54, 1.807) is 32.3 Å². The minimum atomic E-state index is -0.978. The van der Waals surface area contributed by atoms with Gasteiger partial charge in [0, 0.05) is 31.8 Å². The predicted octanol–water partition coefficient (Wildman–Crippen LogP) is 1.47. The van der Waals surface area contributed by atoms with Gasteiger partial charge in [0.15, 0.2) is 0 Å². The van der Waals surface area contributed by atoms with Crippen LogP contribution >= 0.6 is 0 Å². The Labute approximate surface area is 129 Å². The summed E-state index contributed by atoms with van der Waals surface area (Å²) in [5.74, 6) is -1.50. The average molecular weight is 304 g/mol. The lowest BCUT2D eigenvalue weighted by molar-refractivity contribution is -0.143. The number of hydrogen-bond donors (Lipinski definition) is 1. The zero-order valence-corrected chi connectivity index (χ0v) is 12.8. The van der Waals surface area contributed by atoms with E-state index < -0.39 is 12.0 Å². The van der Waals surface area contributed by atoms with Crippen molar-refractivity contribution < 1.29 is 19.5 Å². The van der Waals surface area contributed by atoms with Crippen LogP contribution in [0.4, 0.5) is 0 Å². The predicted molar refractivity (Wildman–Crippen MR) is 80.8 cm³/mol. The molecule has 1 N–H and O–H groups in total. The molecule has 1 aliphatic heterocycles. The number of carbonyl (C=O) groups excluding carboxylic acids is 2. The van der Waals surface area contributed by atoms with E-state index in [1.165, 1.54) is 15.9 Å². The Bertz CT molecular complexity index is 598. The zero-order chi connectivity index (χ0) is 16.3. The maximum atomic E-state index is 12.6. The van der Waals surface area contributed by atoms with Crippen LogP contribution in [0.1, 0.15) is 40.0 Å². The van der Waals surface area contributed by atoms with Crippen molar-refractivity contribution in [2.45, 2.75) is 25.3 Å². The Morgan fingerprint density at radius 3 is 2.50 bits per heavy atom. The second kappa shape index (κ2) is 6.60. The van der Waals surface area contributed by atoms with Gasteiger partial charge in [0.05, 0.1) is 0 Å². The Morgan fingerprint density at radius 2 is 1.86 bits per heavy atom. The number of carbonyl (C=O) groups is 3. The minimum absolute atomic E-state index is 0.192. The molecule has 2 amide bonds. The van der Waals surface area contributed by atoms with E-state index in [0.29, 0.717) is 24.1 Å². The van der Waals surface area contributed by atoms with Crippen LogP contribution in [-0.4, -0.2) is 59.4 Å². The van der Waals surface area contributed by atoms with Gasteiger partial charge in [0.25, 0.3) is 11.8 Å². The molecule has 0 radical (unpaired) electrons. The SMILES string of the molecule is CN(C)C(=O)c1cccc(C(=O)N2CCCCC2C(=O)O)c1. The maximum absolute atomic E-state index is 12.6. The van der Waals surface area contributed by atoms with Crippen LogP contribution in [0.15, 0.2) is 24.3 Å². The van der Waals surface area contributed by atoms with Gasteiger partial charge >= 0.3 is 5.97 Å². The van der Waals surface area contributed by atoms with Gasteiger partial charge < -0.3 is 14.9 Å². The van der Waals surface area contributed by atoms with Crippen molar-refractivity contribution in [3.05, 3.63) is 35.4 Å². The molecule has 2 rings (SSSR count). The molecule has 0 bridgehead atoms. The van der Waals surface area contributed by atoms with Crippen molar-refractivity contribution in [1.29, 1.82) is 0 Å². The minimum Gasteiger partial charge on any atom is -0.480 e. The number of rotatable bonds is 3. The first-order chi connectivity index (χ1) is 10.4. The van der Waals surface area contributed by atoms with Crippen molar-refractivity contribution in [3.8, 4) is 0 Å². The fourth-order valence-electron chi connectivity index (χ4n) is 2.64. The lowest BCUT2D eigenvalue weighted by Crippen LogP contribution is -2.48. The van der Waals surface area contributed by atoms with Crippen LogP contribution in [-0.2, 0) is 4.79 Å². The highest BCUT2D eigenvalue weighted by atomic mass is 16.4. The molecule has 118 valence electrons. The summed E-state index contributed by atoms with van der Waals surface area (Å²) in [4.78, 5) is 38.7. The molecule has 0 saturated carbocycles. The van der Waals surface area contributed by atoms with Crippen molar-refractivity contribution in [2.24, 2.45) is 0 Å². The second-order valence-electron chi connectivity index (χ2n) is 5.63. The standard InChI is InChI=1S/C16H20N2O4/c1-17(2)14(19)11-6-5-7-12(10-11)15(20)18-9-4-3-8-13(18)16(21)22/h5-7,10,13H,3-4,8-9H2,1-2H3,(H,21,22). The number of likely N-dealkylation sites (tertiary alicyclic amines) is 1. The zero-order valence-electron chi connectivity index (χ0n) is 12.8. The summed E-state index contributed by atoms with van der Waals surface area (Å²) >= 11 is 0. The highest BCUT2D eigenvalue weighted by Crippen LogP contribution is 2.20. The number of piperidine rings is 1. The average Bonchev–Trinajstić information content (AvgIpc) is 2.53. The quantitative estimate of drug-likeness (QED) is 0.917. The number of benzene rings is 1. The van der Waals surface area contributed by atoms with Gasteiger partial charge in [-0.15, -0.1) is 0 Å². The molecule has 6 nitrogen and oxygen atoms in total. The third-order valence-corrected chi connectivity index (χ3v) is 3.81. The monoisotopic (exact) mass is 304 g/mol. The first-order valence-electron chi connectivity index (χ1n) is 7.27. The molecule has 1 aromatic carbocycles. The number of hydrogen-bond acceptors (Lipinski definition) is 3. The van der Waals surface area contributed by atoms with Crippen LogP contribution in [0.2, 0.25) is 0 Å². The van der Waals surface area contributed by atoms with Gasteiger partial charge in [0.1, 0.15) is 6.04 Å². The number of amides is 2. The molecule has 0 spiro atoms. The number of carboxylic acids is 1. The Balaban J connectivity index is 2.27. The third kappa shape index (κ3) is 3.27. The summed E-state index contributed by atoms with van der Waals surface area (Å²) in [6.45, 7) is 0.432. The number of aliphatic carboxylic acids is 1. The van der Waals surface area contributed by atoms with E-state index in [0.717, 1.165) is 12.8 Å². The molecular formula is C16H20N2O4. The fraction of sp³-hybridized carbons (Fsp3) is 0.438. The van der Waals surface area contributed by atoms with Gasteiger partial charge in [-0.3, -0.25) is 9.59 Å². The summed E-state index contributed by atoms with van der Waals surface area (Å²) in [6.07, 6.45) is 2.07. The molecule has 1 atom stereocenters. The molecule has 1 aromatic rings. The van der Waals surface area contributed by atoms with Gasteiger partial charge in [-0.25, -0.2) is 4.79 Å². The number of carboxylic acid groups (broad SMARTS) is 1. The van der Waals surface area contributed by atoms with Gasteiger partial charge in [0.2, 0.25) is 0 Å². The van der Waals surface area contributed by atoms with Crippen molar-refractivity contribution in [3.63, 3.8) is 0 Å². The van der Waals surface area contributed by atoms with Gasteiger partial charge in [-0.2, -0.15) is 0 Å². The van der Waals surface area contributed by atoms with E-state index in [9.17, 15) is 19.5 Å². The molecule has 6 heteroatoms. The van der Waals surface area contributed by atoms with Crippen molar-refractivity contribution in [1.82, 2.24) is 9.80 Å². The van der Waals surface area contributed by atoms with E-state index >= 15 is 0 Å². The van der Waals surface area contributed by atoms with Gasteiger partial charge in [-0.05, 0) is 37.5 Å². The molecule has 0 aliphatic carbocycles. The fourth-order valence-corrected chi connectivity index (χ4v) is 2.64. The van der Waals surface area contributed by atoms with E-state index in [-0.39, 0.29) is 11.8 Å². The smallest absolute Gasteiger partial charge is 0.326 e. The first kappa shape index (κ1) is 16.0. The molecule has 1 heterocycles. The largest absolute Gasteiger partial charge is 0.480 e. The molecule has 1 aliphatic rings. The summed E-state index contributed by atoms with van der Waals surface area (Å²) in [5, 5.41) is 9.27. The molecule has 0 aromatic heterocycles. The Morgan fingerprint density at radius 1 is 1.18 bits per heavy atom. The molecule has 1 saturated heterocycles. The Hall–Kier alpha value is -2.37. The Kier molecular flexibility index (Phi) is 4.80. The molecule has 1 fully saturated rings. The van der Waals surface area contributed by atoms with Crippen LogP contribution in [0.25, 0.3) is 0 Å². The van der Waals surface area contributed by atoms with E-state index in [4.69, 9.17) is 0 Å². The van der Waals surface area contributed by atoms with Crippen LogP contribution < -0.4 is 0 Å². The summed E-state index contributed by atoms with van der Waals surface area (Å²) in [7, 11) is 3.28. The normalized spacial score (nSPS) is 17.9. The molecule has 1 unspecified atom stereocenters.